The first-order chi connectivity index (χ1) is 12.2. The minimum Gasteiger partial charge on any atom is -0.449 e. The summed E-state index contributed by atoms with van der Waals surface area (Å²) in [6, 6.07) is 9.29. The molecule has 1 N–H and O–H groups in total. The Hall–Kier alpha value is -2.40. The van der Waals surface area contributed by atoms with Gasteiger partial charge in [0.1, 0.15) is 5.15 Å². The number of hydrogen-bond donors (Lipinski definition) is 1. The molecule has 0 saturated heterocycles. The molecule has 0 bridgehead atoms. The van der Waals surface area contributed by atoms with Gasteiger partial charge in [0.15, 0.2) is 6.10 Å². The van der Waals surface area contributed by atoms with Gasteiger partial charge in [-0.25, -0.2) is 9.78 Å². The number of ether oxygens (including phenoxy) is 1. The highest BCUT2D eigenvalue weighted by molar-refractivity contribution is 6.32. The number of hydrogen-bond acceptors (Lipinski definition) is 4. The van der Waals surface area contributed by atoms with Gasteiger partial charge in [-0.15, -0.1) is 0 Å². The van der Waals surface area contributed by atoms with E-state index in [0.717, 1.165) is 5.56 Å². The molecule has 0 spiro atoms. The number of para-hydroxylation sites is 1. The Kier molecular flexibility index (Phi) is 6.37. The molecular weight excluding hydrogens is 352 g/mol. The first-order valence-corrected chi connectivity index (χ1v) is 8.83. The monoisotopic (exact) mass is 374 g/mol. The molecule has 0 saturated carbocycles. The van der Waals surface area contributed by atoms with E-state index >= 15 is 0 Å². The molecule has 0 radical (unpaired) electrons. The smallest absolute Gasteiger partial charge is 0.342 e. The van der Waals surface area contributed by atoms with Crippen molar-refractivity contribution in [2.75, 3.05) is 5.32 Å². The lowest BCUT2D eigenvalue weighted by Gasteiger charge is -2.17. The minimum absolute atomic E-state index is 0.0743. The van der Waals surface area contributed by atoms with E-state index in [2.05, 4.69) is 10.3 Å². The Bertz CT molecular complexity index is 811. The highest BCUT2D eigenvalue weighted by atomic mass is 35.5. The predicted molar refractivity (Wildman–Crippen MR) is 103 cm³/mol. The molecule has 6 heteroatoms. The summed E-state index contributed by atoms with van der Waals surface area (Å²) < 4.78 is 5.30. The molecule has 0 fully saturated rings. The van der Waals surface area contributed by atoms with Crippen molar-refractivity contribution in [2.45, 2.75) is 46.6 Å². The van der Waals surface area contributed by atoms with Crippen LogP contribution in [0.1, 0.15) is 53.9 Å². The standard InChI is InChI=1S/C20H23ClN2O3/c1-11(2)15-8-6-7-9-16(15)23-19(24)14(5)26-20(25)17-12(3)10-13(4)22-18(17)21/h6-11,14H,1-5H3,(H,23,24)/t14-/m0/s1. The summed E-state index contributed by atoms with van der Waals surface area (Å²) in [6.07, 6.45) is -0.973. The van der Waals surface area contributed by atoms with E-state index in [4.69, 9.17) is 16.3 Å². The number of halogens is 1. The number of anilines is 1. The van der Waals surface area contributed by atoms with Gasteiger partial charge in [0.25, 0.3) is 5.91 Å². The predicted octanol–water partition coefficient (Wildman–Crippen LogP) is 4.66. The zero-order chi connectivity index (χ0) is 19.4. The summed E-state index contributed by atoms with van der Waals surface area (Å²) >= 11 is 6.07. The van der Waals surface area contributed by atoms with Crippen molar-refractivity contribution in [2.24, 2.45) is 0 Å². The van der Waals surface area contributed by atoms with Crippen LogP contribution in [0.3, 0.4) is 0 Å². The summed E-state index contributed by atoms with van der Waals surface area (Å²) in [4.78, 5) is 28.9. The SMILES string of the molecule is Cc1cc(C)c(C(=O)O[C@@H](C)C(=O)Nc2ccccc2C(C)C)c(Cl)n1. The molecule has 138 valence electrons. The summed E-state index contributed by atoms with van der Waals surface area (Å²) in [5.41, 5.74) is 3.27. The van der Waals surface area contributed by atoms with Crippen LogP contribution in [0.2, 0.25) is 5.15 Å². The number of carbonyl (C=O) groups is 2. The quantitative estimate of drug-likeness (QED) is 0.610. The summed E-state index contributed by atoms with van der Waals surface area (Å²) in [7, 11) is 0. The molecule has 2 rings (SSSR count). The number of esters is 1. The molecule has 1 aromatic carbocycles. The van der Waals surface area contributed by atoms with Gasteiger partial charge in [0.2, 0.25) is 0 Å². The molecule has 0 aliphatic carbocycles. The lowest BCUT2D eigenvalue weighted by atomic mass is 10.0. The van der Waals surface area contributed by atoms with Crippen molar-refractivity contribution in [3.63, 3.8) is 0 Å². The number of nitrogens with one attached hydrogen (secondary N) is 1. The second-order valence-electron chi connectivity index (χ2n) is 6.53. The van der Waals surface area contributed by atoms with Gasteiger partial charge >= 0.3 is 5.97 Å². The summed E-state index contributed by atoms with van der Waals surface area (Å²) in [5.74, 6) is -0.815. The molecule has 0 aliphatic rings. The fourth-order valence-corrected chi connectivity index (χ4v) is 3.02. The van der Waals surface area contributed by atoms with E-state index in [1.54, 1.807) is 19.9 Å². The van der Waals surface area contributed by atoms with Crippen molar-refractivity contribution in [3.8, 4) is 0 Å². The maximum Gasteiger partial charge on any atom is 0.342 e. The Balaban J connectivity index is 2.12. The van der Waals surface area contributed by atoms with Crippen molar-refractivity contribution in [3.05, 3.63) is 57.9 Å². The van der Waals surface area contributed by atoms with E-state index in [1.165, 1.54) is 6.92 Å². The van der Waals surface area contributed by atoms with Crippen molar-refractivity contribution >= 4 is 29.2 Å². The van der Waals surface area contributed by atoms with Crippen LogP contribution in [0.5, 0.6) is 0 Å². The average molecular weight is 375 g/mol. The molecule has 1 aromatic heterocycles. The number of amides is 1. The van der Waals surface area contributed by atoms with Gasteiger partial charge in [-0.3, -0.25) is 4.79 Å². The Morgan fingerprint density at radius 3 is 2.42 bits per heavy atom. The molecule has 0 aliphatic heterocycles. The van der Waals surface area contributed by atoms with Crippen LogP contribution < -0.4 is 5.32 Å². The molecular formula is C20H23ClN2O3. The lowest BCUT2D eigenvalue weighted by Crippen LogP contribution is -2.30. The van der Waals surface area contributed by atoms with Gasteiger partial charge in [-0.2, -0.15) is 0 Å². The summed E-state index contributed by atoms with van der Waals surface area (Å²) in [6.45, 7) is 9.15. The molecule has 1 atom stereocenters. The van der Waals surface area contributed by atoms with Gasteiger partial charge in [0, 0.05) is 11.4 Å². The van der Waals surface area contributed by atoms with Crippen LogP contribution in [0, 0.1) is 13.8 Å². The van der Waals surface area contributed by atoms with Gasteiger partial charge in [-0.1, -0.05) is 43.6 Å². The van der Waals surface area contributed by atoms with E-state index in [0.29, 0.717) is 16.9 Å². The molecule has 1 amide bonds. The van der Waals surface area contributed by atoms with Gasteiger partial charge in [0.05, 0.1) is 5.56 Å². The summed E-state index contributed by atoms with van der Waals surface area (Å²) in [5, 5.41) is 2.90. The number of benzene rings is 1. The van der Waals surface area contributed by atoms with Crippen LogP contribution in [0.4, 0.5) is 5.69 Å². The Morgan fingerprint density at radius 2 is 1.81 bits per heavy atom. The maximum absolute atomic E-state index is 12.4. The third-order valence-electron chi connectivity index (χ3n) is 4.00. The fourth-order valence-electron chi connectivity index (χ4n) is 2.66. The van der Waals surface area contributed by atoms with Gasteiger partial charge < -0.3 is 10.1 Å². The molecule has 0 unspecified atom stereocenters. The highest BCUT2D eigenvalue weighted by Crippen LogP contribution is 2.24. The largest absolute Gasteiger partial charge is 0.449 e. The molecule has 2 aromatic rings. The highest BCUT2D eigenvalue weighted by Gasteiger charge is 2.23. The second-order valence-corrected chi connectivity index (χ2v) is 6.88. The lowest BCUT2D eigenvalue weighted by molar-refractivity contribution is -0.123. The Labute approximate surface area is 158 Å². The molecule has 5 nitrogen and oxygen atoms in total. The number of aryl methyl sites for hydroxylation is 2. The zero-order valence-corrected chi connectivity index (χ0v) is 16.3. The third-order valence-corrected chi connectivity index (χ3v) is 4.27. The topological polar surface area (TPSA) is 68.3 Å². The molecule has 26 heavy (non-hydrogen) atoms. The van der Waals surface area contributed by atoms with E-state index in [1.807, 2.05) is 38.1 Å². The minimum atomic E-state index is -0.973. The second kappa shape index (κ2) is 8.32. The normalized spacial score (nSPS) is 12.0. The van der Waals surface area contributed by atoms with E-state index in [-0.39, 0.29) is 16.6 Å². The van der Waals surface area contributed by atoms with E-state index < -0.39 is 18.0 Å². The third kappa shape index (κ3) is 4.61. The number of aromatic nitrogens is 1. The van der Waals surface area contributed by atoms with Crippen LogP contribution in [0.15, 0.2) is 30.3 Å². The van der Waals surface area contributed by atoms with Crippen molar-refractivity contribution < 1.29 is 14.3 Å². The average Bonchev–Trinajstić information content (AvgIpc) is 2.53. The van der Waals surface area contributed by atoms with Crippen molar-refractivity contribution in [1.29, 1.82) is 0 Å². The zero-order valence-electron chi connectivity index (χ0n) is 15.6. The van der Waals surface area contributed by atoms with Crippen LogP contribution in [0.25, 0.3) is 0 Å². The van der Waals surface area contributed by atoms with Gasteiger partial charge in [-0.05, 0) is 49.9 Å². The number of rotatable bonds is 5. The van der Waals surface area contributed by atoms with E-state index in [9.17, 15) is 9.59 Å². The van der Waals surface area contributed by atoms with Crippen LogP contribution in [-0.4, -0.2) is 23.0 Å². The number of carbonyl (C=O) groups excluding carboxylic acids is 2. The fraction of sp³-hybridized carbons (Fsp3) is 0.350. The first kappa shape index (κ1) is 19.9. The molecule has 1 heterocycles. The van der Waals surface area contributed by atoms with Crippen LogP contribution >= 0.6 is 11.6 Å². The van der Waals surface area contributed by atoms with Crippen LogP contribution in [-0.2, 0) is 9.53 Å². The van der Waals surface area contributed by atoms with Crippen molar-refractivity contribution in [1.82, 2.24) is 4.98 Å². The maximum atomic E-state index is 12.4. The first-order valence-electron chi connectivity index (χ1n) is 8.45. The number of pyridine rings is 1. The Morgan fingerprint density at radius 1 is 1.15 bits per heavy atom. The number of nitrogens with zero attached hydrogens (tertiary/aromatic N) is 1.